The van der Waals surface area contributed by atoms with Gasteiger partial charge in [0, 0.05) is 10.7 Å². The molecule has 2 aromatic rings. The minimum absolute atomic E-state index is 0.0845. The number of benzene rings is 1. The molecule has 0 aliphatic carbocycles. The number of halogens is 2. The quantitative estimate of drug-likeness (QED) is 0.808. The number of sulfonamides is 1. The van der Waals surface area contributed by atoms with Crippen LogP contribution in [0, 0.1) is 6.92 Å². The van der Waals surface area contributed by atoms with Crippen LogP contribution in [-0.2, 0) is 10.0 Å². The fourth-order valence-corrected chi connectivity index (χ4v) is 3.91. The Hall–Kier alpha value is -1.31. The van der Waals surface area contributed by atoms with Crippen LogP contribution < -0.4 is 9.46 Å². The van der Waals surface area contributed by atoms with Crippen molar-refractivity contribution < 1.29 is 13.2 Å². The summed E-state index contributed by atoms with van der Waals surface area (Å²) in [5.74, 6) is 0.408. The summed E-state index contributed by atoms with van der Waals surface area (Å²) in [4.78, 5) is 3.69. The van der Waals surface area contributed by atoms with Crippen LogP contribution in [0.4, 0.5) is 5.69 Å². The van der Waals surface area contributed by atoms with Crippen molar-refractivity contribution in [2.75, 3.05) is 11.8 Å². The van der Waals surface area contributed by atoms with Gasteiger partial charge in [0.15, 0.2) is 0 Å². The minimum atomic E-state index is -3.85. The maximum absolute atomic E-state index is 12.4. The molecule has 0 unspecified atom stereocenters. The number of aryl methyl sites for hydroxylation is 1. The van der Waals surface area contributed by atoms with E-state index in [0.717, 1.165) is 4.47 Å². The molecule has 1 aromatic heterocycles. The molecule has 21 heavy (non-hydrogen) atoms. The first-order chi connectivity index (χ1) is 9.85. The van der Waals surface area contributed by atoms with Gasteiger partial charge in [-0.15, -0.1) is 0 Å². The van der Waals surface area contributed by atoms with Crippen molar-refractivity contribution in [3.05, 3.63) is 45.7 Å². The predicted molar refractivity (Wildman–Crippen MR) is 85.5 cm³/mol. The van der Waals surface area contributed by atoms with Crippen molar-refractivity contribution in [2.45, 2.75) is 11.8 Å². The zero-order valence-corrected chi connectivity index (χ0v) is 14.4. The average Bonchev–Trinajstić information content (AvgIpc) is 2.41. The van der Waals surface area contributed by atoms with E-state index in [1.807, 2.05) is 0 Å². The van der Waals surface area contributed by atoms with Crippen LogP contribution in [0.1, 0.15) is 5.56 Å². The number of rotatable bonds is 4. The molecule has 0 spiro atoms. The number of hydrogen-bond donors (Lipinski definition) is 1. The molecule has 0 atom stereocenters. The minimum Gasteiger partial charge on any atom is -0.495 e. The third-order valence-electron chi connectivity index (χ3n) is 2.73. The van der Waals surface area contributed by atoms with Crippen molar-refractivity contribution in [3.8, 4) is 5.75 Å². The lowest BCUT2D eigenvalue weighted by atomic mass is 10.2. The molecule has 0 radical (unpaired) electrons. The van der Waals surface area contributed by atoms with Crippen LogP contribution in [0.25, 0.3) is 0 Å². The summed E-state index contributed by atoms with van der Waals surface area (Å²) in [6.07, 6.45) is 1.42. The second kappa shape index (κ2) is 6.21. The van der Waals surface area contributed by atoms with E-state index in [4.69, 9.17) is 16.3 Å². The van der Waals surface area contributed by atoms with Gasteiger partial charge < -0.3 is 4.74 Å². The topological polar surface area (TPSA) is 68.3 Å². The predicted octanol–water partition coefficient (Wildman–Crippen LogP) is 3.62. The third kappa shape index (κ3) is 3.48. The number of anilines is 1. The van der Waals surface area contributed by atoms with Crippen LogP contribution in [0.5, 0.6) is 5.75 Å². The average molecular weight is 392 g/mol. The van der Waals surface area contributed by atoms with Gasteiger partial charge in [0.05, 0.1) is 12.8 Å². The smallest absolute Gasteiger partial charge is 0.265 e. The first-order valence-electron chi connectivity index (χ1n) is 5.82. The largest absolute Gasteiger partial charge is 0.495 e. The molecule has 0 aliphatic rings. The van der Waals surface area contributed by atoms with Crippen molar-refractivity contribution in [3.63, 3.8) is 0 Å². The second-order valence-corrected chi connectivity index (χ2v) is 7.12. The Kier molecular flexibility index (Phi) is 4.75. The summed E-state index contributed by atoms with van der Waals surface area (Å²) in [6.45, 7) is 1.77. The number of pyridine rings is 1. The summed E-state index contributed by atoms with van der Waals surface area (Å²) < 4.78 is 33.3. The van der Waals surface area contributed by atoms with Crippen LogP contribution in [0.2, 0.25) is 5.15 Å². The fraction of sp³-hybridized carbons (Fsp3) is 0.154. The number of methoxy groups -OCH3 is 1. The Morgan fingerprint density at radius 1 is 1.38 bits per heavy atom. The molecular formula is C13H12BrClN2O3S. The highest BCUT2D eigenvalue weighted by molar-refractivity contribution is 9.10. The first kappa shape index (κ1) is 16.1. The Morgan fingerprint density at radius 2 is 2.10 bits per heavy atom. The van der Waals surface area contributed by atoms with Crippen molar-refractivity contribution in [1.29, 1.82) is 0 Å². The molecule has 0 amide bonds. The van der Waals surface area contributed by atoms with Gasteiger partial charge in [-0.2, -0.15) is 0 Å². The van der Waals surface area contributed by atoms with Gasteiger partial charge in [-0.05, 0) is 36.8 Å². The summed E-state index contributed by atoms with van der Waals surface area (Å²) in [5, 5.41) is -0.0845. The molecule has 0 fully saturated rings. The van der Waals surface area contributed by atoms with Crippen LogP contribution in [0.15, 0.2) is 39.8 Å². The Morgan fingerprint density at radius 3 is 2.71 bits per heavy atom. The normalized spacial score (nSPS) is 11.2. The van der Waals surface area contributed by atoms with Gasteiger partial charge in [-0.1, -0.05) is 27.5 Å². The maximum atomic E-state index is 12.4. The molecule has 0 aliphatic heterocycles. The molecule has 2 rings (SSSR count). The van der Waals surface area contributed by atoms with E-state index in [1.54, 1.807) is 19.1 Å². The first-order valence-corrected chi connectivity index (χ1v) is 8.48. The SMILES string of the molecule is COc1cc(Br)cc(C)c1NS(=O)(=O)c1cccnc1Cl. The standard InChI is InChI=1S/C13H12BrClN2O3S/c1-8-6-9(14)7-10(20-2)12(8)17-21(18,19)11-4-3-5-16-13(11)15/h3-7,17H,1-2H3. The van der Waals surface area contributed by atoms with Gasteiger partial charge in [0.25, 0.3) is 10.0 Å². The molecule has 1 aromatic carbocycles. The maximum Gasteiger partial charge on any atom is 0.265 e. The summed E-state index contributed by atoms with van der Waals surface area (Å²) in [7, 11) is -2.38. The van der Waals surface area contributed by atoms with Crippen LogP contribution >= 0.6 is 27.5 Å². The molecule has 1 N–H and O–H groups in total. The third-order valence-corrected chi connectivity index (χ3v) is 4.99. The Bertz CT molecular complexity index is 781. The molecular weight excluding hydrogens is 380 g/mol. The zero-order valence-electron chi connectivity index (χ0n) is 11.2. The summed E-state index contributed by atoms with van der Waals surface area (Å²) in [5.41, 5.74) is 1.07. The Labute approximate surface area is 136 Å². The number of nitrogens with one attached hydrogen (secondary N) is 1. The van der Waals surface area contributed by atoms with Crippen molar-refractivity contribution in [2.24, 2.45) is 0 Å². The monoisotopic (exact) mass is 390 g/mol. The summed E-state index contributed by atoms with van der Waals surface area (Å²) in [6, 6.07) is 6.35. The lowest BCUT2D eigenvalue weighted by Gasteiger charge is -2.15. The fourth-order valence-electron chi connectivity index (χ4n) is 1.77. The number of nitrogens with zero attached hydrogens (tertiary/aromatic N) is 1. The highest BCUT2D eigenvalue weighted by atomic mass is 79.9. The van der Waals surface area contributed by atoms with Gasteiger partial charge in [0.1, 0.15) is 15.8 Å². The van der Waals surface area contributed by atoms with Crippen molar-refractivity contribution >= 4 is 43.2 Å². The molecule has 8 heteroatoms. The van der Waals surface area contributed by atoms with E-state index in [-0.39, 0.29) is 10.0 Å². The lowest BCUT2D eigenvalue weighted by Crippen LogP contribution is -2.15. The van der Waals surface area contributed by atoms with Gasteiger partial charge in [-0.25, -0.2) is 13.4 Å². The molecule has 0 saturated heterocycles. The summed E-state index contributed by atoms with van der Waals surface area (Å²) >= 11 is 9.18. The molecule has 0 bridgehead atoms. The highest BCUT2D eigenvalue weighted by Crippen LogP contribution is 2.34. The van der Waals surface area contributed by atoms with E-state index in [9.17, 15) is 8.42 Å². The number of aromatic nitrogens is 1. The molecule has 0 saturated carbocycles. The van der Waals surface area contributed by atoms with E-state index >= 15 is 0 Å². The number of ether oxygens (including phenoxy) is 1. The van der Waals surface area contributed by atoms with E-state index in [0.29, 0.717) is 17.0 Å². The number of hydrogen-bond acceptors (Lipinski definition) is 4. The highest BCUT2D eigenvalue weighted by Gasteiger charge is 2.21. The zero-order chi connectivity index (χ0) is 15.6. The van der Waals surface area contributed by atoms with Crippen LogP contribution in [0.3, 0.4) is 0 Å². The van der Waals surface area contributed by atoms with Gasteiger partial charge in [0.2, 0.25) is 0 Å². The van der Waals surface area contributed by atoms with E-state index in [2.05, 4.69) is 25.6 Å². The Balaban J connectivity index is 2.50. The van der Waals surface area contributed by atoms with Gasteiger partial charge >= 0.3 is 0 Å². The molecule has 5 nitrogen and oxygen atoms in total. The second-order valence-electron chi connectivity index (χ2n) is 4.20. The van der Waals surface area contributed by atoms with E-state index in [1.165, 1.54) is 25.4 Å². The van der Waals surface area contributed by atoms with Crippen LogP contribution in [-0.4, -0.2) is 20.5 Å². The van der Waals surface area contributed by atoms with E-state index < -0.39 is 10.0 Å². The lowest BCUT2D eigenvalue weighted by molar-refractivity contribution is 0.416. The molecule has 1 heterocycles. The molecule has 112 valence electrons. The van der Waals surface area contributed by atoms with Crippen molar-refractivity contribution in [1.82, 2.24) is 4.98 Å². The van der Waals surface area contributed by atoms with Gasteiger partial charge in [-0.3, -0.25) is 4.72 Å².